The molecule has 0 saturated heterocycles. The molecular formula is C31H44N2. The molecule has 4 aliphatic carbocycles. The van der Waals surface area contributed by atoms with Gasteiger partial charge < -0.3 is 5.32 Å². The van der Waals surface area contributed by atoms with Gasteiger partial charge in [0.1, 0.15) is 0 Å². The van der Waals surface area contributed by atoms with Crippen LogP contribution in [0.25, 0.3) is 10.8 Å². The second kappa shape index (κ2) is 8.08. The van der Waals surface area contributed by atoms with Gasteiger partial charge in [-0.25, -0.2) is 0 Å². The monoisotopic (exact) mass is 444 g/mol. The fraction of sp³-hybridized carbons (Fsp3) is 0.710. The molecule has 0 radical (unpaired) electrons. The molecule has 0 unspecified atom stereocenters. The number of fused-ring (bicyclic) bond motifs is 6. The standard InChI is InChI=1S/C31H44N2/c1-20(2)33-25-11-14-30(3)24(18-25)7-8-26-28-10-9-27(31(28,4)15-12-29(26)30)22-6-5-21-13-16-32-19-23(21)17-22/h5-6,13,16-17,19-20,24-29,33H,7-12,14-15,18H2,1-4H3/t24-,25-,26-,27+,28-,29-,30-,31+/m0/s1. The molecule has 4 aliphatic rings. The minimum Gasteiger partial charge on any atom is -0.312 e. The van der Waals surface area contributed by atoms with Crippen LogP contribution in [0.5, 0.6) is 0 Å². The van der Waals surface area contributed by atoms with Crippen LogP contribution in [0.2, 0.25) is 0 Å². The molecule has 33 heavy (non-hydrogen) atoms. The molecule has 178 valence electrons. The average Bonchev–Trinajstić information content (AvgIpc) is 3.16. The summed E-state index contributed by atoms with van der Waals surface area (Å²) in [6.45, 7) is 10.0. The van der Waals surface area contributed by atoms with Crippen LogP contribution in [-0.2, 0) is 0 Å². The van der Waals surface area contributed by atoms with Crippen molar-refractivity contribution in [1.82, 2.24) is 10.3 Å². The van der Waals surface area contributed by atoms with Crippen molar-refractivity contribution in [2.45, 2.75) is 103 Å². The number of hydrogen-bond acceptors (Lipinski definition) is 2. The van der Waals surface area contributed by atoms with Crippen LogP contribution in [0.3, 0.4) is 0 Å². The van der Waals surface area contributed by atoms with Crippen LogP contribution in [0.4, 0.5) is 0 Å². The third-order valence-electron chi connectivity index (χ3n) is 11.3. The Morgan fingerprint density at radius 3 is 2.55 bits per heavy atom. The smallest absolute Gasteiger partial charge is 0.0346 e. The van der Waals surface area contributed by atoms with Crippen molar-refractivity contribution in [2.24, 2.45) is 34.5 Å². The van der Waals surface area contributed by atoms with Gasteiger partial charge in [-0.15, -0.1) is 0 Å². The molecular weight excluding hydrogens is 400 g/mol. The first-order valence-corrected chi connectivity index (χ1v) is 14.0. The van der Waals surface area contributed by atoms with Crippen LogP contribution in [-0.4, -0.2) is 17.1 Å². The first kappa shape index (κ1) is 22.1. The molecule has 4 fully saturated rings. The van der Waals surface area contributed by atoms with Gasteiger partial charge in [0.25, 0.3) is 0 Å². The van der Waals surface area contributed by atoms with Crippen molar-refractivity contribution in [3.8, 4) is 0 Å². The minimum atomic E-state index is 0.483. The summed E-state index contributed by atoms with van der Waals surface area (Å²) in [5, 5.41) is 6.52. The Hall–Kier alpha value is -1.41. The van der Waals surface area contributed by atoms with Crippen molar-refractivity contribution < 1.29 is 0 Å². The summed E-state index contributed by atoms with van der Waals surface area (Å²) in [5.41, 5.74) is 2.65. The molecule has 0 bridgehead atoms. The molecule has 2 aromatic rings. The second-order valence-electron chi connectivity index (χ2n) is 13.1. The predicted octanol–water partition coefficient (Wildman–Crippen LogP) is 7.73. The zero-order valence-electron chi connectivity index (χ0n) is 21.3. The van der Waals surface area contributed by atoms with Gasteiger partial charge in [-0.1, -0.05) is 39.8 Å². The molecule has 0 amide bonds. The molecule has 2 nitrogen and oxygen atoms in total. The van der Waals surface area contributed by atoms with Gasteiger partial charge in [-0.05, 0) is 121 Å². The van der Waals surface area contributed by atoms with Crippen LogP contribution in [0.15, 0.2) is 36.7 Å². The second-order valence-corrected chi connectivity index (χ2v) is 13.1. The maximum atomic E-state index is 4.40. The quantitative estimate of drug-likeness (QED) is 0.524. The van der Waals surface area contributed by atoms with Crippen molar-refractivity contribution in [2.75, 3.05) is 0 Å². The highest BCUT2D eigenvalue weighted by molar-refractivity contribution is 5.82. The fourth-order valence-corrected chi connectivity index (χ4v) is 9.75. The highest BCUT2D eigenvalue weighted by Gasteiger charge is 2.60. The van der Waals surface area contributed by atoms with Gasteiger partial charge in [0.05, 0.1) is 0 Å². The number of nitrogens with one attached hydrogen (secondary N) is 1. The predicted molar refractivity (Wildman–Crippen MR) is 138 cm³/mol. The summed E-state index contributed by atoms with van der Waals surface area (Å²) < 4.78 is 0. The van der Waals surface area contributed by atoms with Crippen LogP contribution in [0, 0.1) is 34.5 Å². The van der Waals surface area contributed by atoms with Crippen LogP contribution >= 0.6 is 0 Å². The van der Waals surface area contributed by atoms with Gasteiger partial charge in [0.15, 0.2) is 0 Å². The van der Waals surface area contributed by atoms with Gasteiger partial charge in [-0.3, -0.25) is 4.98 Å². The third kappa shape index (κ3) is 3.49. The van der Waals surface area contributed by atoms with E-state index < -0.39 is 0 Å². The Morgan fingerprint density at radius 2 is 1.70 bits per heavy atom. The van der Waals surface area contributed by atoms with E-state index in [-0.39, 0.29) is 0 Å². The van der Waals surface area contributed by atoms with E-state index in [1.165, 1.54) is 68.6 Å². The average molecular weight is 445 g/mol. The van der Waals surface area contributed by atoms with Crippen LogP contribution < -0.4 is 5.32 Å². The van der Waals surface area contributed by atoms with Crippen molar-refractivity contribution in [1.29, 1.82) is 0 Å². The van der Waals surface area contributed by atoms with Gasteiger partial charge in [-0.2, -0.15) is 0 Å². The Labute approximate surface area is 201 Å². The lowest BCUT2D eigenvalue weighted by Gasteiger charge is -2.61. The molecule has 1 aromatic heterocycles. The highest BCUT2D eigenvalue weighted by atomic mass is 14.9. The summed E-state index contributed by atoms with van der Waals surface area (Å²) in [7, 11) is 0. The highest BCUT2D eigenvalue weighted by Crippen LogP contribution is 2.69. The maximum absolute atomic E-state index is 4.40. The van der Waals surface area contributed by atoms with E-state index in [1.807, 2.05) is 6.20 Å². The van der Waals surface area contributed by atoms with E-state index in [0.29, 0.717) is 16.9 Å². The molecule has 6 rings (SSSR count). The Bertz CT molecular complexity index is 1010. The minimum absolute atomic E-state index is 0.483. The zero-order valence-corrected chi connectivity index (χ0v) is 21.3. The van der Waals surface area contributed by atoms with Crippen molar-refractivity contribution in [3.63, 3.8) is 0 Å². The van der Waals surface area contributed by atoms with Crippen LogP contribution in [0.1, 0.15) is 97.0 Å². The van der Waals surface area contributed by atoms with E-state index >= 15 is 0 Å². The Kier molecular flexibility index (Phi) is 5.40. The zero-order chi connectivity index (χ0) is 22.8. The molecule has 1 aromatic carbocycles. The van der Waals surface area contributed by atoms with E-state index in [9.17, 15) is 0 Å². The summed E-state index contributed by atoms with van der Waals surface area (Å²) >= 11 is 0. The topological polar surface area (TPSA) is 24.9 Å². The number of nitrogens with zero attached hydrogens (tertiary/aromatic N) is 1. The molecule has 1 N–H and O–H groups in total. The molecule has 8 atom stereocenters. The largest absolute Gasteiger partial charge is 0.312 e. The first-order valence-electron chi connectivity index (χ1n) is 14.0. The SMILES string of the molecule is CC(C)N[C@H]1CC[C@@]2(C)[C@@H](CC[C@@H]3[C@@H]2CC[C@]2(C)[C@@H](c4ccc5ccncc5c4)CC[C@@H]32)C1. The number of hydrogen-bond donors (Lipinski definition) is 1. The number of aromatic nitrogens is 1. The van der Waals surface area contributed by atoms with Gasteiger partial charge in [0.2, 0.25) is 0 Å². The van der Waals surface area contributed by atoms with E-state index in [4.69, 9.17) is 0 Å². The lowest BCUT2D eigenvalue weighted by molar-refractivity contribution is -0.110. The summed E-state index contributed by atoms with van der Waals surface area (Å²) in [5.74, 6) is 4.53. The molecule has 4 saturated carbocycles. The fourth-order valence-electron chi connectivity index (χ4n) is 9.75. The molecule has 0 spiro atoms. The number of rotatable bonds is 3. The van der Waals surface area contributed by atoms with E-state index in [0.717, 1.165) is 35.6 Å². The molecule has 0 aliphatic heterocycles. The Balaban J connectivity index is 1.24. The lowest BCUT2D eigenvalue weighted by Crippen LogP contribution is -2.55. The number of benzene rings is 1. The molecule has 1 heterocycles. The third-order valence-corrected chi connectivity index (χ3v) is 11.3. The normalized spacial score (nSPS) is 42.7. The van der Waals surface area contributed by atoms with Crippen molar-refractivity contribution >= 4 is 10.8 Å². The summed E-state index contributed by atoms with van der Waals surface area (Å²) in [6, 6.07) is 10.8. The van der Waals surface area contributed by atoms with Gasteiger partial charge in [0, 0.05) is 29.9 Å². The number of pyridine rings is 1. The van der Waals surface area contributed by atoms with E-state index in [1.54, 1.807) is 5.56 Å². The maximum Gasteiger partial charge on any atom is 0.0346 e. The Morgan fingerprint density at radius 1 is 0.879 bits per heavy atom. The summed E-state index contributed by atoms with van der Waals surface area (Å²) in [4.78, 5) is 4.40. The van der Waals surface area contributed by atoms with Gasteiger partial charge >= 0.3 is 0 Å². The molecule has 2 heteroatoms. The lowest BCUT2D eigenvalue weighted by atomic mass is 9.44. The summed E-state index contributed by atoms with van der Waals surface area (Å²) in [6.07, 6.45) is 17.0. The van der Waals surface area contributed by atoms with Crippen molar-refractivity contribution in [3.05, 3.63) is 42.2 Å². The van der Waals surface area contributed by atoms with E-state index in [2.05, 4.69) is 68.5 Å². The first-order chi connectivity index (χ1) is 15.9.